The fourth-order valence-corrected chi connectivity index (χ4v) is 1.76. The maximum Gasteiger partial charge on any atom is 0.211 e. The number of hydrogen-bond acceptors (Lipinski definition) is 4. The molecule has 0 bridgehead atoms. The van der Waals surface area contributed by atoms with Crippen LogP contribution in [0.5, 0.6) is 11.5 Å². The second-order valence-corrected chi connectivity index (χ2v) is 4.09. The van der Waals surface area contributed by atoms with Crippen molar-refractivity contribution in [3.8, 4) is 11.5 Å². The summed E-state index contributed by atoms with van der Waals surface area (Å²) in [6, 6.07) is 10.4. The topological polar surface area (TPSA) is 48.4 Å². The Bertz CT molecular complexity index is 586. The summed E-state index contributed by atoms with van der Waals surface area (Å²) in [7, 11) is 3.10. The first-order valence-electron chi connectivity index (χ1n) is 5.85. The van der Waals surface area contributed by atoms with Crippen LogP contribution in [0.1, 0.15) is 21.7 Å². The van der Waals surface area contributed by atoms with Gasteiger partial charge in [0.15, 0.2) is 0 Å². The van der Waals surface area contributed by atoms with Crippen LogP contribution in [-0.2, 0) is 0 Å². The van der Waals surface area contributed by atoms with Gasteiger partial charge in [-0.2, -0.15) is 0 Å². The largest absolute Gasteiger partial charge is 0.497 e. The molecule has 0 saturated heterocycles. The van der Waals surface area contributed by atoms with Gasteiger partial charge in [0.05, 0.1) is 14.2 Å². The smallest absolute Gasteiger partial charge is 0.211 e. The quantitative estimate of drug-likeness (QED) is 0.790. The molecule has 0 unspecified atom stereocenters. The van der Waals surface area contributed by atoms with Crippen molar-refractivity contribution in [1.82, 2.24) is 4.98 Å². The van der Waals surface area contributed by atoms with Crippen molar-refractivity contribution in [2.45, 2.75) is 6.92 Å². The Balaban J connectivity index is 2.43. The zero-order chi connectivity index (χ0) is 13.8. The molecule has 0 aliphatic carbocycles. The van der Waals surface area contributed by atoms with E-state index in [2.05, 4.69) is 4.98 Å². The van der Waals surface area contributed by atoms with Gasteiger partial charge >= 0.3 is 0 Å². The molecule has 0 fully saturated rings. The van der Waals surface area contributed by atoms with E-state index in [1.807, 2.05) is 19.1 Å². The molecule has 2 rings (SSSR count). The van der Waals surface area contributed by atoms with Crippen LogP contribution in [-0.4, -0.2) is 25.0 Å². The highest BCUT2D eigenvalue weighted by molar-refractivity contribution is 6.08. The van der Waals surface area contributed by atoms with Crippen LogP contribution in [0.25, 0.3) is 0 Å². The molecule has 0 atom stereocenters. The Morgan fingerprint density at radius 1 is 1.05 bits per heavy atom. The monoisotopic (exact) mass is 257 g/mol. The molecule has 0 spiro atoms. The predicted molar refractivity (Wildman–Crippen MR) is 72.0 cm³/mol. The number of carbonyl (C=O) groups is 1. The van der Waals surface area contributed by atoms with Gasteiger partial charge in [-0.1, -0.05) is 6.07 Å². The molecule has 0 radical (unpaired) electrons. The number of ketones is 1. The van der Waals surface area contributed by atoms with Crippen molar-refractivity contribution in [2.75, 3.05) is 14.2 Å². The number of ether oxygens (including phenoxy) is 2. The first-order chi connectivity index (χ1) is 9.13. The zero-order valence-electron chi connectivity index (χ0n) is 11.1. The molecule has 0 amide bonds. The van der Waals surface area contributed by atoms with E-state index >= 15 is 0 Å². The maximum atomic E-state index is 12.4. The highest BCUT2D eigenvalue weighted by Gasteiger charge is 2.13. The van der Waals surface area contributed by atoms with Gasteiger partial charge in [-0.3, -0.25) is 4.79 Å². The summed E-state index contributed by atoms with van der Waals surface area (Å²) < 4.78 is 10.3. The summed E-state index contributed by atoms with van der Waals surface area (Å²) >= 11 is 0. The predicted octanol–water partition coefficient (Wildman–Crippen LogP) is 2.64. The van der Waals surface area contributed by atoms with Crippen LogP contribution in [0.15, 0.2) is 36.4 Å². The van der Waals surface area contributed by atoms with E-state index in [-0.39, 0.29) is 5.78 Å². The fourth-order valence-electron chi connectivity index (χ4n) is 1.76. The van der Waals surface area contributed by atoms with Gasteiger partial charge in [0.1, 0.15) is 17.2 Å². The molecule has 1 heterocycles. The summed E-state index contributed by atoms with van der Waals surface area (Å²) in [6.07, 6.45) is 0. The van der Waals surface area contributed by atoms with Crippen LogP contribution in [0.3, 0.4) is 0 Å². The lowest BCUT2D eigenvalue weighted by Crippen LogP contribution is -2.05. The maximum absolute atomic E-state index is 12.4. The Morgan fingerprint density at radius 3 is 2.21 bits per heavy atom. The molecule has 0 aliphatic rings. The number of methoxy groups -OCH3 is 2. The van der Waals surface area contributed by atoms with Crippen molar-refractivity contribution in [2.24, 2.45) is 0 Å². The summed E-state index contributed by atoms with van der Waals surface area (Å²) in [5, 5.41) is 0. The Kier molecular flexibility index (Phi) is 3.80. The molecule has 0 N–H and O–H groups in total. The molecule has 2 aromatic rings. The van der Waals surface area contributed by atoms with Crippen LogP contribution < -0.4 is 9.47 Å². The lowest BCUT2D eigenvalue weighted by Gasteiger charge is -2.07. The summed E-state index contributed by atoms with van der Waals surface area (Å²) in [5.41, 5.74) is 1.71. The SMILES string of the molecule is COc1cc(OC)cc(C(=O)c2cccc(C)n2)c1. The molecule has 98 valence electrons. The van der Waals surface area contributed by atoms with Gasteiger partial charge in [-0.25, -0.2) is 4.98 Å². The normalized spacial score (nSPS) is 10.1. The number of pyridine rings is 1. The zero-order valence-corrected chi connectivity index (χ0v) is 11.1. The molecule has 4 heteroatoms. The molecule has 4 nitrogen and oxygen atoms in total. The summed E-state index contributed by atoms with van der Waals surface area (Å²) in [4.78, 5) is 16.6. The number of benzene rings is 1. The molecule has 0 aliphatic heterocycles. The number of aromatic nitrogens is 1. The molecule has 0 saturated carbocycles. The second-order valence-electron chi connectivity index (χ2n) is 4.09. The highest BCUT2D eigenvalue weighted by Crippen LogP contribution is 2.23. The van der Waals surface area contributed by atoms with E-state index in [4.69, 9.17) is 9.47 Å². The number of aryl methyl sites for hydroxylation is 1. The van der Waals surface area contributed by atoms with Crippen molar-refractivity contribution < 1.29 is 14.3 Å². The minimum absolute atomic E-state index is 0.152. The molecule has 1 aromatic carbocycles. The average molecular weight is 257 g/mol. The van der Waals surface area contributed by atoms with E-state index in [1.54, 1.807) is 38.5 Å². The van der Waals surface area contributed by atoms with E-state index in [0.29, 0.717) is 22.8 Å². The lowest BCUT2D eigenvalue weighted by molar-refractivity contribution is 0.103. The molecule has 1 aromatic heterocycles. The third-order valence-corrected chi connectivity index (χ3v) is 2.73. The summed E-state index contributed by atoms with van der Waals surface area (Å²) in [5.74, 6) is 1.01. The first kappa shape index (κ1) is 13.1. The van der Waals surface area contributed by atoms with Gasteiger partial charge in [0.2, 0.25) is 5.78 Å². The van der Waals surface area contributed by atoms with Crippen LogP contribution in [0.4, 0.5) is 0 Å². The summed E-state index contributed by atoms with van der Waals surface area (Å²) in [6.45, 7) is 1.85. The number of carbonyl (C=O) groups excluding carboxylic acids is 1. The minimum Gasteiger partial charge on any atom is -0.497 e. The van der Waals surface area contributed by atoms with Crippen molar-refractivity contribution in [1.29, 1.82) is 0 Å². The number of rotatable bonds is 4. The Labute approximate surface area is 112 Å². The third-order valence-electron chi connectivity index (χ3n) is 2.73. The van der Waals surface area contributed by atoms with Crippen molar-refractivity contribution >= 4 is 5.78 Å². The Hall–Kier alpha value is -2.36. The van der Waals surface area contributed by atoms with Gasteiger partial charge in [-0.05, 0) is 31.2 Å². The van der Waals surface area contributed by atoms with Crippen LogP contribution in [0, 0.1) is 6.92 Å². The first-order valence-corrected chi connectivity index (χ1v) is 5.85. The third kappa shape index (κ3) is 2.91. The van der Waals surface area contributed by atoms with Gasteiger partial charge in [-0.15, -0.1) is 0 Å². The molecular formula is C15H15NO3. The van der Waals surface area contributed by atoms with Crippen molar-refractivity contribution in [3.63, 3.8) is 0 Å². The average Bonchev–Trinajstić information content (AvgIpc) is 2.45. The minimum atomic E-state index is -0.152. The highest BCUT2D eigenvalue weighted by atomic mass is 16.5. The van der Waals surface area contributed by atoms with E-state index in [9.17, 15) is 4.79 Å². The van der Waals surface area contributed by atoms with E-state index < -0.39 is 0 Å². The Morgan fingerprint density at radius 2 is 1.68 bits per heavy atom. The second kappa shape index (κ2) is 5.52. The van der Waals surface area contributed by atoms with Crippen molar-refractivity contribution in [3.05, 3.63) is 53.3 Å². The lowest BCUT2D eigenvalue weighted by atomic mass is 10.1. The van der Waals surface area contributed by atoms with Crippen LogP contribution in [0.2, 0.25) is 0 Å². The number of nitrogens with zero attached hydrogens (tertiary/aromatic N) is 1. The van der Waals surface area contributed by atoms with E-state index in [0.717, 1.165) is 5.69 Å². The number of hydrogen-bond donors (Lipinski definition) is 0. The molecule has 19 heavy (non-hydrogen) atoms. The van der Waals surface area contributed by atoms with Gasteiger partial charge < -0.3 is 9.47 Å². The van der Waals surface area contributed by atoms with E-state index in [1.165, 1.54) is 0 Å². The van der Waals surface area contributed by atoms with Crippen LogP contribution >= 0.6 is 0 Å². The fraction of sp³-hybridized carbons (Fsp3) is 0.200. The standard InChI is InChI=1S/C15H15NO3/c1-10-5-4-6-14(16-10)15(17)11-7-12(18-2)9-13(8-11)19-3/h4-9H,1-3H3. The molecular weight excluding hydrogens is 242 g/mol. The van der Waals surface area contributed by atoms with Gasteiger partial charge in [0.25, 0.3) is 0 Å². The van der Waals surface area contributed by atoms with Gasteiger partial charge in [0, 0.05) is 17.3 Å².